The SMILES string of the molecule is CCCCCCCCc1ccc(-c2ccc(CCC)nn2)cc1. The average Bonchev–Trinajstić information content (AvgIpc) is 2.60. The topological polar surface area (TPSA) is 25.8 Å². The first-order chi connectivity index (χ1) is 11.3. The van der Waals surface area contributed by atoms with Gasteiger partial charge in [0.1, 0.15) is 0 Å². The summed E-state index contributed by atoms with van der Waals surface area (Å²) in [5.74, 6) is 0. The van der Waals surface area contributed by atoms with Gasteiger partial charge in [0.25, 0.3) is 0 Å². The summed E-state index contributed by atoms with van der Waals surface area (Å²) in [4.78, 5) is 0. The van der Waals surface area contributed by atoms with E-state index in [0.29, 0.717) is 0 Å². The highest BCUT2D eigenvalue weighted by Crippen LogP contribution is 2.18. The molecule has 23 heavy (non-hydrogen) atoms. The summed E-state index contributed by atoms with van der Waals surface area (Å²) in [6, 6.07) is 13.0. The first-order valence-electron chi connectivity index (χ1n) is 9.25. The second kappa shape index (κ2) is 10.1. The Morgan fingerprint density at radius 3 is 2.04 bits per heavy atom. The summed E-state index contributed by atoms with van der Waals surface area (Å²) in [7, 11) is 0. The van der Waals surface area contributed by atoms with Gasteiger partial charge >= 0.3 is 0 Å². The van der Waals surface area contributed by atoms with Crippen LogP contribution in [0.3, 0.4) is 0 Å². The lowest BCUT2D eigenvalue weighted by molar-refractivity contribution is 0.607. The highest BCUT2D eigenvalue weighted by atomic mass is 15.1. The maximum atomic E-state index is 4.35. The zero-order valence-corrected chi connectivity index (χ0v) is 14.7. The Kier molecular flexibility index (Phi) is 7.79. The Bertz CT molecular complexity index is 543. The van der Waals surface area contributed by atoms with Crippen LogP contribution in [-0.2, 0) is 12.8 Å². The molecule has 2 rings (SSSR count). The van der Waals surface area contributed by atoms with Crippen LogP contribution in [0.1, 0.15) is 70.1 Å². The van der Waals surface area contributed by atoms with Crippen LogP contribution in [0, 0.1) is 0 Å². The molecule has 2 heteroatoms. The van der Waals surface area contributed by atoms with Crippen molar-refractivity contribution in [1.29, 1.82) is 0 Å². The van der Waals surface area contributed by atoms with Gasteiger partial charge in [-0.3, -0.25) is 0 Å². The van der Waals surface area contributed by atoms with Gasteiger partial charge in [-0.15, -0.1) is 0 Å². The molecule has 0 aliphatic carbocycles. The largest absolute Gasteiger partial charge is 0.155 e. The number of benzene rings is 1. The minimum atomic E-state index is 0.968. The molecule has 2 nitrogen and oxygen atoms in total. The molecule has 0 unspecified atom stereocenters. The normalized spacial score (nSPS) is 10.9. The van der Waals surface area contributed by atoms with Crippen molar-refractivity contribution in [2.75, 3.05) is 0 Å². The van der Waals surface area contributed by atoms with E-state index >= 15 is 0 Å². The smallest absolute Gasteiger partial charge is 0.0929 e. The van der Waals surface area contributed by atoms with Crippen LogP contribution in [0.2, 0.25) is 0 Å². The summed E-state index contributed by atoms with van der Waals surface area (Å²) in [6.45, 7) is 4.43. The molecule has 0 radical (unpaired) electrons. The Hall–Kier alpha value is -1.70. The molecule has 0 bridgehead atoms. The summed E-state index contributed by atoms with van der Waals surface area (Å²) < 4.78 is 0. The molecule has 0 amide bonds. The second-order valence-electron chi connectivity index (χ2n) is 6.37. The van der Waals surface area contributed by atoms with E-state index in [4.69, 9.17) is 0 Å². The zero-order valence-electron chi connectivity index (χ0n) is 14.7. The number of aryl methyl sites for hydroxylation is 2. The van der Waals surface area contributed by atoms with Crippen molar-refractivity contribution in [2.24, 2.45) is 0 Å². The highest BCUT2D eigenvalue weighted by molar-refractivity contribution is 5.58. The van der Waals surface area contributed by atoms with Gasteiger partial charge in [-0.1, -0.05) is 76.6 Å². The van der Waals surface area contributed by atoms with Gasteiger partial charge in [0, 0.05) is 5.56 Å². The van der Waals surface area contributed by atoms with Gasteiger partial charge in [0.05, 0.1) is 11.4 Å². The predicted molar refractivity (Wildman–Crippen MR) is 98.5 cm³/mol. The molecule has 0 fully saturated rings. The molecule has 0 aliphatic rings. The summed E-state index contributed by atoms with van der Waals surface area (Å²) in [5.41, 5.74) is 4.64. The third kappa shape index (κ3) is 6.13. The second-order valence-corrected chi connectivity index (χ2v) is 6.37. The average molecular weight is 310 g/mol. The molecule has 0 aliphatic heterocycles. The molecular formula is C21H30N2. The minimum Gasteiger partial charge on any atom is -0.155 e. The van der Waals surface area contributed by atoms with Crippen LogP contribution in [0.25, 0.3) is 11.3 Å². The fourth-order valence-electron chi connectivity index (χ4n) is 2.85. The van der Waals surface area contributed by atoms with Gasteiger partial charge in [0.2, 0.25) is 0 Å². The zero-order chi connectivity index (χ0) is 16.3. The summed E-state index contributed by atoms with van der Waals surface area (Å²) >= 11 is 0. The molecule has 2 aromatic rings. The lowest BCUT2D eigenvalue weighted by Crippen LogP contribution is -1.94. The number of aromatic nitrogens is 2. The molecule has 1 aromatic heterocycles. The van der Waals surface area contributed by atoms with Crippen LogP contribution < -0.4 is 0 Å². The van der Waals surface area contributed by atoms with Gasteiger partial charge in [-0.2, -0.15) is 10.2 Å². The van der Waals surface area contributed by atoms with Gasteiger partial charge in [0.15, 0.2) is 0 Å². The van der Waals surface area contributed by atoms with Crippen LogP contribution in [0.5, 0.6) is 0 Å². The monoisotopic (exact) mass is 310 g/mol. The number of rotatable bonds is 10. The van der Waals surface area contributed by atoms with E-state index in [-0.39, 0.29) is 0 Å². The maximum Gasteiger partial charge on any atom is 0.0929 e. The fourth-order valence-corrected chi connectivity index (χ4v) is 2.85. The Labute approximate surface area is 141 Å². The first kappa shape index (κ1) is 17.7. The van der Waals surface area contributed by atoms with E-state index in [0.717, 1.165) is 29.8 Å². The van der Waals surface area contributed by atoms with Crippen molar-refractivity contribution in [1.82, 2.24) is 10.2 Å². The molecule has 0 saturated carbocycles. The molecule has 0 atom stereocenters. The van der Waals surface area contributed by atoms with Crippen molar-refractivity contribution >= 4 is 0 Å². The number of unbranched alkanes of at least 4 members (excludes halogenated alkanes) is 5. The van der Waals surface area contributed by atoms with E-state index in [1.165, 1.54) is 50.5 Å². The van der Waals surface area contributed by atoms with Gasteiger partial charge in [-0.25, -0.2) is 0 Å². The summed E-state index contributed by atoms with van der Waals surface area (Å²) in [5, 5.41) is 8.65. The molecule has 1 aromatic carbocycles. The maximum absolute atomic E-state index is 4.35. The number of hydrogen-bond acceptors (Lipinski definition) is 2. The molecule has 1 heterocycles. The van der Waals surface area contributed by atoms with E-state index in [2.05, 4.69) is 60.4 Å². The molecular weight excluding hydrogens is 280 g/mol. The Morgan fingerprint density at radius 1 is 0.652 bits per heavy atom. The number of hydrogen-bond donors (Lipinski definition) is 0. The van der Waals surface area contributed by atoms with Crippen molar-refractivity contribution in [3.63, 3.8) is 0 Å². The van der Waals surface area contributed by atoms with Crippen molar-refractivity contribution in [3.8, 4) is 11.3 Å². The van der Waals surface area contributed by atoms with Crippen molar-refractivity contribution in [3.05, 3.63) is 47.7 Å². The van der Waals surface area contributed by atoms with Crippen LogP contribution in [-0.4, -0.2) is 10.2 Å². The molecule has 0 spiro atoms. The predicted octanol–water partition coefficient (Wildman–Crippen LogP) is 6.00. The van der Waals surface area contributed by atoms with E-state index < -0.39 is 0 Å². The fraction of sp³-hybridized carbons (Fsp3) is 0.524. The Balaban J connectivity index is 1.81. The molecule has 124 valence electrons. The van der Waals surface area contributed by atoms with E-state index in [1.54, 1.807) is 0 Å². The van der Waals surface area contributed by atoms with Crippen LogP contribution in [0.15, 0.2) is 36.4 Å². The third-order valence-corrected chi connectivity index (χ3v) is 4.29. The van der Waals surface area contributed by atoms with Crippen LogP contribution >= 0.6 is 0 Å². The third-order valence-electron chi connectivity index (χ3n) is 4.29. The van der Waals surface area contributed by atoms with Gasteiger partial charge in [-0.05, 0) is 37.0 Å². The van der Waals surface area contributed by atoms with Crippen molar-refractivity contribution in [2.45, 2.75) is 71.6 Å². The highest BCUT2D eigenvalue weighted by Gasteiger charge is 2.02. The number of nitrogens with zero attached hydrogens (tertiary/aromatic N) is 2. The molecule has 0 saturated heterocycles. The first-order valence-corrected chi connectivity index (χ1v) is 9.25. The Morgan fingerprint density at radius 2 is 1.39 bits per heavy atom. The lowest BCUT2D eigenvalue weighted by atomic mass is 10.0. The van der Waals surface area contributed by atoms with Gasteiger partial charge < -0.3 is 0 Å². The van der Waals surface area contributed by atoms with Crippen LogP contribution in [0.4, 0.5) is 0 Å². The van der Waals surface area contributed by atoms with E-state index in [9.17, 15) is 0 Å². The van der Waals surface area contributed by atoms with E-state index in [1.807, 2.05) is 0 Å². The van der Waals surface area contributed by atoms with Crippen molar-refractivity contribution < 1.29 is 0 Å². The minimum absolute atomic E-state index is 0.968. The lowest BCUT2D eigenvalue weighted by Gasteiger charge is -2.05. The summed E-state index contributed by atoms with van der Waals surface area (Å²) in [6.07, 6.45) is 11.4. The molecule has 0 N–H and O–H groups in total. The quantitative estimate of drug-likeness (QED) is 0.503. The standard InChI is InChI=1S/C21H30N2/c1-3-5-6-7-8-9-11-18-12-14-19(15-13-18)21-17-16-20(10-4-2)22-23-21/h12-17H,3-11H2,1-2H3.